The second kappa shape index (κ2) is 31.9. The summed E-state index contributed by atoms with van der Waals surface area (Å²) in [6.45, 7) is -1.67. The van der Waals surface area contributed by atoms with Gasteiger partial charge in [0.2, 0.25) is 24.3 Å². The normalized spacial score (nSPS) is 32.0. The second-order valence-electron chi connectivity index (χ2n) is 23.9. The quantitative estimate of drug-likeness (QED) is 0.0292. The molecule has 2 aromatic carbocycles. The Morgan fingerprint density at radius 1 is 0.748 bits per heavy atom. The molecule has 9 amide bonds. The number of nitrogen functional groups attached to an aromatic ring is 1. The van der Waals surface area contributed by atoms with E-state index in [1.807, 2.05) is 0 Å². The summed E-state index contributed by atoms with van der Waals surface area (Å²) >= 11 is 1.52. The van der Waals surface area contributed by atoms with Crippen molar-refractivity contribution in [3.8, 4) is 35.5 Å². The molecule has 2 aromatic heterocycles. The molecule has 0 radical (unpaired) electrons. The largest absolute Gasteiger partial charge is 0.500 e. The molecule has 3 saturated heterocycles. The van der Waals surface area contributed by atoms with Crippen LogP contribution in [0, 0.1) is 67.6 Å². The van der Waals surface area contributed by atoms with Gasteiger partial charge in [-0.3, -0.25) is 58.0 Å². The third-order valence-corrected chi connectivity index (χ3v) is 19.5. The van der Waals surface area contributed by atoms with Crippen LogP contribution in [0.4, 0.5) is 26.8 Å². The van der Waals surface area contributed by atoms with Gasteiger partial charge in [-0.2, -0.15) is 29.4 Å². The lowest BCUT2D eigenvalue weighted by molar-refractivity contribution is -0.526. The number of aliphatic hydroxyl groups excluding tert-OH is 1. The fourth-order valence-electron chi connectivity index (χ4n) is 12.0. The number of nitrogens with two attached hydrogens (primary N) is 2. The van der Waals surface area contributed by atoms with Crippen molar-refractivity contribution in [3.63, 3.8) is 0 Å². The maximum absolute atomic E-state index is 14.1. The number of aliphatic hydroxyl groups is 1. The molecule has 13 rings (SSSR count). The number of nitro benzene ring substituents is 2. The Balaban J connectivity index is 0.980. The monoisotopic (exact) mass is 1580 g/mol. The van der Waals surface area contributed by atoms with Crippen LogP contribution >= 0.6 is 38.7 Å². The Hall–Kier alpha value is -9.00. The fraction of sp³-hybridized carbons (Fsp3) is 0.450. The molecule has 13 N–H and O–H groups in total. The number of hydrogen-bond acceptors (Lipinski definition) is 28. The summed E-state index contributed by atoms with van der Waals surface area (Å²) < 4.78 is 83.2. The third kappa shape index (κ3) is 17.6. The number of rotatable bonds is 5. The summed E-state index contributed by atoms with van der Waals surface area (Å²) in [5.74, 6) is 8.69. The van der Waals surface area contributed by atoms with E-state index in [9.17, 15) is 77.8 Å². The molecule has 9 aliphatic rings. The lowest BCUT2D eigenvalue weighted by atomic mass is 10.0. The average Bonchev–Trinajstić information content (AvgIpc) is 1.65. The van der Waals surface area contributed by atoms with E-state index in [-0.39, 0.29) is 64.1 Å². The minimum Gasteiger partial charge on any atom is -0.390 e. The van der Waals surface area contributed by atoms with Crippen molar-refractivity contribution in [1.82, 2.24) is 46.4 Å². The van der Waals surface area contributed by atoms with Crippen LogP contribution in [0.5, 0.6) is 0 Å². The predicted octanol–water partition coefficient (Wildman–Crippen LogP) is -0.767. The number of imide groups is 2. The zero-order valence-electron chi connectivity index (χ0n) is 53.9. The Morgan fingerprint density at radius 2 is 1.37 bits per heavy atom. The molecular weight excluding hydrogens is 1520 g/mol. The highest BCUT2D eigenvalue weighted by atomic mass is 127. The standard InChI is InChI=1S/C60H62IN15O25P2/c1-29-36-11-7-31(14-39(36)75(85)86)5-9-33-22-72(54-52(33)53(63)67-28-68-54)49-16-41(77)45(97-49)26-94-102(89,90)101-43-18-51-74-24-35(56(80)71-60(74)84)10-6-32-8-12-37(40(15-32)76(87)88)30(2)96-44(20-65-57(81)38(19-62)69-29)58(82)66-21-48(78)64-13-3-4-34-23-73(59(83)70-55(34)79)50-17-42(46(98-50)25-93-61)100-103(91,92)95-27-47(43)99-51/h7-8,11-12,14-15,22-24,28-30,34-35,38,41-47,49-51,69,77H,13,16-21,25-27,62H2,1-2H3,(H7-2,63,64,65,66,67,68,70,71,78,79,80,81,82,83,84,89,90,91,92)/p+2/t29?,30?,34?,35?,38?,41-,42-,43-,44?,45+,46+,47+,49+,50+,51+/m0/s1. The number of phosphoric acid groups is 2. The molecular formula is C60H64IN15O25P2+2. The van der Waals surface area contributed by atoms with Crippen LogP contribution < -0.4 is 43.4 Å². The summed E-state index contributed by atoms with van der Waals surface area (Å²) in [7, 11) is -10.8. The Kier molecular flexibility index (Phi) is 23.3. The number of halogens is 1. The van der Waals surface area contributed by atoms with Crippen LogP contribution in [-0.2, 0) is 73.2 Å². The Labute approximate surface area is 595 Å². The number of benzene rings is 2. The topological polar surface area (TPSA) is 545 Å². The summed E-state index contributed by atoms with van der Waals surface area (Å²) in [4.78, 5) is 150. The summed E-state index contributed by atoms with van der Waals surface area (Å²) in [5, 5.41) is 51.7. The van der Waals surface area contributed by atoms with Gasteiger partial charge in [-0.25, -0.2) is 28.7 Å². The number of carbonyl (C=O) groups is 7. The van der Waals surface area contributed by atoms with Gasteiger partial charge in [0.15, 0.2) is 17.9 Å². The maximum atomic E-state index is 14.1. The van der Waals surface area contributed by atoms with Gasteiger partial charge in [-0.15, -0.1) is 0 Å². The van der Waals surface area contributed by atoms with E-state index in [0.717, 1.165) is 34.0 Å². The molecule has 17 atom stereocenters. The number of carbonyl (C=O) groups excluding carboxylic acids is 7. The highest BCUT2D eigenvalue weighted by Gasteiger charge is 2.52. The molecule has 0 saturated carbocycles. The van der Waals surface area contributed by atoms with Crippen molar-refractivity contribution in [3.05, 3.63) is 97.0 Å². The molecule has 18 bridgehead atoms. The van der Waals surface area contributed by atoms with Gasteiger partial charge < -0.3 is 68.9 Å². The minimum atomic E-state index is -5.40. The van der Waals surface area contributed by atoms with Crippen molar-refractivity contribution < 1.29 is 117 Å². The van der Waals surface area contributed by atoms with Crippen molar-refractivity contribution >= 4 is 121 Å². The number of aromatic nitrogens is 3. The van der Waals surface area contributed by atoms with E-state index in [4.69, 9.17) is 51.6 Å². The van der Waals surface area contributed by atoms with Gasteiger partial charge in [0.25, 0.3) is 17.3 Å². The van der Waals surface area contributed by atoms with Crippen LogP contribution in [-0.4, -0.2) is 210 Å². The van der Waals surface area contributed by atoms with E-state index >= 15 is 0 Å². The third-order valence-electron chi connectivity index (χ3n) is 17.1. The lowest BCUT2D eigenvalue weighted by Gasteiger charge is -2.25. The maximum Gasteiger partial charge on any atom is 0.500 e. The van der Waals surface area contributed by atoms with Crippen molar-refractivity contribution in [2.75, 3.05) is 51.7 Å². The van der Waals surface area contributed by atoms with E-state index < -0.39 is 216 Å². The van der Waals surface area contributed by atoms with Crippen LogP contribution in [0.25, 0.3) is 11.0 Å². The summed E-state index contributed by atoms with van der Waals surface area (Å²) in [6.07, 6.45) is -12.5. The number of phosphoric ester groups is 2. The highest BCUT2D eigenvalue weighted by molar-refractivity contribution is 14.1. The first-order valence-corrected chi connectivity index (χ1v) is 35.2. The van der Waals surface area contributed by atoms with Gasteiger partial charge in [0.1, 0.15) is 90.0 Å². The first kappa shape index (κ1) is 75.2. The molecule has 8 unspecified atom stereocenters. The van der Waals surface area contributed by atoms with Gasteiger partial charge in [-0.05, 0) is 38.1 Å². The van der Waals surface area contributed by atoms with Gasteiger partial charge >= 0.3 is 39.5 Å². The number of nitrogens with zero attached hydrogens (tertiary/aromatic N) is 7. The van der Waals surface area contributed by atoms with Crippen LogP contribution in [0.3, 0.4) is 0 Å². The number of anilines is 1. The van der Waals surface area contributed by atoms with Gasteiger partial charge in [0.05, 0.1) is 84.1 Å². The number of fused-ring (bicyclic) bond motifs is 21. The Morgan fingerprint density at radius 3 is 2.04 bits per heavy atom. The summed E-state index contributed by atoms with van der Waals surface area (Å²) in [5.41, 5.74) is 11.7. The number of nitro groups is 2. The molecule has 103 heavy (non-hydrogen) atoms. The molecule has 40 nitrogen and oxygen atoms in total. The zero-order valence-corrected chi connectivity index (χ0v) is 57.8. The first-order chi connectivity index (χ1) is 49.1. The first-order valence-electron chi connectivity index (χ1n) is 31.3. The summed E-state index contributed by atoms with van der Waals surface area (Å²) in [6, 6.07) is 3.13. The molecule has 544 valence electrons. The van der Waals surface area contributed by atoms with E-state index in [1.54, 1.807) is 0 Å². The molecule has 0 aliphatic carbocycles. The number of amides is 9. The smallest absolute Gasteiger partial charge is 0.390 e. The molecule has 4 aromatic rings. The van der Waals surface area contributed by atoms with E-state index in [1.165, 1.54) is 77.9 Å². The molecule has 11 heterocycles. The minimum absolute atomic E-state index is 0.0473. The lowest BCUT2D eigenvalue weighted by Crippen LogP contribution is -2.53. The van der Waals surface area contributed by atoms with Crippen LogP contribution in [0.2, 0.25) is 0 Å². The number of urea groups is 2. The SMILES string of the molecule is CC1NC(CN)C(=O)NCC2OC(C)c3ccc(cc3[N+](=O)[O-])C#CC3C=[N+](C(=O)NC3=O)[C@H]3C[C@H](OP(=O)(O)OC[C@H]4O[C@H](C[C@@H]4O)n4cc(c5c(N)ncnc54)C#Cc4ccc1c([N+](=O)[O-])c4)[C@@H](COP(=O)(O)O[C@H]1C[C@@H](O[C@@H]1COI)[N+]1=CC(C#CCNC(=O)CNC2=O)C(=O)NC1=O)O3. The number of hydrogen-bond donors (Lipinski definition) is 11. The number of ether oxygens (including phenoxy) is 4. The molecule has 43 heteroatoms. The molecule has 0 spiro atoms. The van der Waals surface area contributed by atoms with Crippen molar-refractivity contribution in [2.45, 2.75) is 113 Å². The van der Waals surface area contributed by atoms with Gasteiger partial charge in [0, 0.05) is 66.9 Å². The van der Waals surface area contributed by atoms with E-state index in [0.29, 0.717) is 0 Å². The molecule has 9 aliphatic heterocycles. The zero-order chi connectivity index (χ0) is 73.8. The van der Waals surface area contributed by atoms with Crippen LogP contribution in [0.1, 0.15) is 79.3 Å². The fourth-order valence-corrected chi connectivity index (χ4v) is 14.2. The average molecular weight is 1580 g/mol. The number of nitrogens with one attached hydrogen (secondary N) is 6. The van der Waals surface area contributed by atoms with Crippen LogP contribution in [0.15, 0.2) is 48.9 Å². The van der Waals surface area contributed by atoms with Crippen molar-refractivity contribution in [1.29, 1.82) is 0 Å². The van der Waals surface area contributed by atoms with Crippen molar-refractivity contribution in [2.24, 2.45) is 17.6 Å². The molecule has 3 fully saturated rings. The Bertz CT molecular complexity index is 4510. The second-order valence-corrected chi connectivity index (χ2v) is 27.3. The predicted molar refractivity (Wildman–Crippen MR) is 355 cm³/mol. The van der Waals surface area contributed by atoms with E-state index in [2.05, 4.69) is 77.4 Å². The highest BCUT2D eigenvalue weighted by Crippen LogP contribution is 2.51. The van der Waals surface area contributed by atoms with Gasteiger partial charge in [-0.1, -0.05) is 35.5 Å².